The van der Waals surface area contributed by atoms with E-state index in [4.69, 9.17) is 4.74 Å². The van der Waals surface area contributed by atoms with Gasteiger partial charge in [-0.1, -0.05) is 24.3 Å². The van der Waals surface area contributed by atoms with E-state index in [0.29, 0.717) is 12.4 Å². The highest BCUT2D eigenvalue weighted by atomic mass is 16.5. The lowest BCUT2D eigenvalue weighted by Gasteiger charge is -2.32. The molecule has 126 valence electrons. The number of hydrogen-bond donors (Lipinski definition) is 1. The largest absolute Gasteiger partial charge is 0.474 e. The second kappa shape index (κ2) is 7.81. The van der Waals surface area contributed by atoms with Crippen molar-refractivity contribution in [1.29, 1.82) is 0 Å². The number of para-hydroxylation sites is 1. The summed E-state index contributed by atoms with van der Waals surface area (Å²) < 4.78 is 5.93. The van der Waals surface area contributed by atoms with Crippen molar-refractivity contribution in [2.45, 2.75) is 25.9 Å². The molecular formula is C19H23N3O2. The number of benzene rings is 1. The first-order valence-electron chi connectivity index (χ1n) is 8.38. The number of anilines is 1. The molecule has 0 saturated carbocycles. The number of piperidine rings is 1. The molecule has 1 fully saturated rings. The SMILES string of the molecule is Cc1cccc(OC2CCN(C(=O)CNc3ccccc3)CC2)n1. The van der Waals surface area contributed by atoms with Gasteiger partial charge in [-0.05, 0) is 25.1 Å². The number of pyridine rings is 1. The van der Waals surface area contributed by atoms with Gasteiger partial charge in [-0.25, -0.2) is 4.98 Å². The molecule has 5 heteroatoms. The fourth-order valence-corrected chi connectivity index (χ4v) is 2.82. The van der Waals surface area contributed by atoms with Crippen molar-refractivity contribution in [3.8, 4) is 5.88 Å². The zero-order chi connectivity index (χ0) is 16.8. The molecule has 0 atom stereocenters. The van der Waals surface area contributed by atoms with E-state index in [0.717, 1.165) is 37.3 Å². The van der Waals surface area contributed by atoms with Crippen LogP contribution in [-0.2, 0) is 4.79 Å². The molecule has 2 aromatic rings. The van der Waals surface area contributed by atoms with E-state index in [9.17, 15) is 4.79 Å². The minimum absolute atomic E-state index is 0.130. The van der Waals surface area contributed by atoms with Crippen LogP contribution in [0.1, 0.15) is 18.5 Å². The van der Waals surface area contributed by atoms with Crippen molar-refractivity contribution in [1.82, 2.24) is 9.88 Å². The van der Waals surface area contributed by atoms with Gasteiger partial charge in [0.05, 0.1) is 6.54 Å². The first-order chi connectivity index (χ1) is 11.7. The molecule has 1 aliphatic heterocycles. The maximum atomic E-state index is 12.3. The number of aryl methyl sites for hydroxylation is 1. The van der Waals surface area contributed by atoms with Gasteiger partial charge in [0.15, 0.2) is 0 Å². The number of carbonyl (C=O) groups excluding carboxylic acids is 1. The summed E-state index contributed by atoms with van der Waals surface area (Å²) in [4.78, 5) is 18.6. The van der Waals surface area contributed by atoms with Gasteiger partial charge in [0.1, 0.15) is 6.10 Å². The number of rotatable bonds is 5. The van der Waals surface area contributed by atoms with Gasteiger partial charge in [-0.15, -0.1) is 0 Å². The van der Waals surface area contributed by atoms with E-state index in [-0.39, 0.29) is 12.0 Å². The minimum Gasteiger partial charge on any atom is -0.474 e. The van der Waals surface area contributed by atoms with E-state index in [1.54, 1.807) is 0 Å². The molecule has 2 heterocycles. The van der Waals surface area contributed by atoms with Gasteiger partial charge in [0.2, 0.25) is 11.8 Å². The molecule has 24 heavy (non-hydrogen) atoms. The first-order valence-corrected chi connectivity index (χ1v) is 8.38. The van der Waals surface area contributed by atoms with Gasteiger partial charge in [-0.2, -0.15) is 0 Å². The third-order valence-electron chi connectivity index (χ3n) is 4.16. The van der Waals surface area contributed by atoms with E-state index in [1.165, 1.54) is 0 Å². The lowest BCUT2D eigenvalue weighted by atomic mass is 10.1. The number of aromatic nitrogens is 1. The van der Waals surface area contributed by atoms with Crippen LogP contribution >= 0.6 is 0 Å². The van der Waals surface area contributed by atoms with Gasteiger partial charge in [-0.3, -0.25) is 4.79 Å². The number of nitrogens with one attached hydrogen (secondary N) is 1. The summed E-state index contributed by atoms with van der Waals surface area (Å²) in [6.45, 7) is 3.74. The van der Waals surface area contributed by atoms with Crippen molar-refractivity contribution in [3.63, 3.8) is 0 Å². The predicted octanol–water partition coefficient (Wildman–Crippen LogP) is 2.87. The molecule has 5 nitrogen and oxygen atoms in total. The summed E-state index contributed by atoms with van der Waals surface area (Å²) in [5.74, 6) is 0.802. The highest BCUT2D eigenvalue weighted by molar-refractivity contribution is 5.80. The van der Waals surface area contributed by atoms with Crippen molar-refractivity contribution in [2.75, 3.05) is 25.0 Å². The molecule has 1 N–H and O–H groups in total. The molecule has 1 aromatic heterocycles. The number of amides is 1. The molecular weight excluding hydrogens is 302 g/mol. The van der Waals surface area contributed by atoms with Gasteiger partial charge in [0.25, 0.3) is 0 Å². The summed E-state index contributed by atoms with van der Waals surface area (Å²) >= 11 is 0. The first kappa shape index (κ1) is 16.3. The standard InChI is InChI=1S/C19H23N3O2/c1-15-6-5-9-18(21-15)24-17-10-12-22(13-11-17)19(23)14-20-16-7-3-2-4-8-16/h2-9,17,20H,10-14H2,1H3. The predicted molar refractivity (Wildman–Crippen MR) is 94.1 cm³/mol. The van der Waals surface area contributed by atoms with Crippen LogP contribution in [0.5, 0.6) is 5.88 Å². The Morgan fingerprint density at radius 2 is 1.92 bits per heavy atom. The van der Waals surface area contributed by atoms with Crippen LogP contribution in [0.3, 0.4) is 0 Å². The van der Waals surface area contributed by atoms with Crippen LogP contribution in [0, 0.1) is 6.92 Å². The Morgan fingerprint density at radius 1 is 1.17 bits per heavy atom. The molecule has 0 spiro atoms. The molecule has 1 amide bonds. The van der Waals surface area contributed by atoms with E-state index in [1.807, 2.05) is 60.4 Å². The van der Waals surface area contributed by atoms with Gasteiger partial charge in [0, 0.05) is 43.4 Å². The summed E-state index contributed by atoms with van der Waals surface area (Å²) in [5.41, 5.74) is 1.92. The monoisotopic (exact) mass is 325 g/mol. The van der Waals surface area contributed by atoms with Crippen LogP contribution < -0.4 is 10.1 Å². The summed E-state index contributed by atoms with van der Waals surface area (Å²) in [5, 5.41) is 3.17. The zero-order valence-corrected chi connectivity index (χ0v) is 13.9. The average molecular weight is 325 g/mol. The van der Waals surface area contributed by atoms with Gasteiger partial charge >= 0.3 is 0 Å². The van der Waals surface area contributed by atoms with Crippen LogP contribution in [0.2, 0.25) is 0 Å². The maximum absolute atomic E-state index is 12.3. The molecule has 1 aliphatic rings. The van der Waals surface area contributed by atoms with Crippen LogP contribution in [-0.4, -0.2) is 41.5 Å². The second-order valence-corrected chi connectivity index (χ2v) is 6.03. The molecule has 0 radical (unpaired) electrons. The summed E-state index contributed by atoms with van der Waals surface area (Å²) in [7, 11) is 0. The van der Waals surface area contributed by atoms with Crippen molar-refractivity contribution in [3.05, 3.63) is 54.2 Å². The molecule has 1 aromatic carbocycles. The van der Waals surface area contributed by atoms with Crippen molar-refractivity contribution >= 4 is 11.6 Å². The second-order valence-electron chi connectivity index (χ2n) is 6.03. The average Bonchev–Trinajstić information content (AvgIpc) is 2.61. The maximum Gasteiger partial charge on any atom is 0.241 e. The lowest BCUT2D eigenvalue weighted by molar-refractivity contribution is -0.131. The molecule has 0 aliphatic carbocycles. The number of hydrogen-bond acceptors (Lipinski definition) is 4. The zero-order valence-electron chi connectivity index (χ0n) is 13.9. The fraction of sp³-hybridized carbons (Fsp3) is 0.368. The Hall–Kier alpha value is -2.56. The van der Waals surface area contributed by atoms with E-state index in [2.05, 4.69) is 10.3 Å². The van der Waals surface area contributed by atoms with Crippen LogP contribution in [0.4, 0.5) is 5.69 Å². The number of likely N-dealkylation sites (tertiary alicyclic amines) is 1. The number of ether oxygens (including phenoxy) is 1. The lowest BCUT2D eigenvalue weighted by Crippen LogP contribution is -2.44. The molecule has 0 unspecified atom stereocenters. The third-order valence-corrected chi connectivity index (χ3v) is 4.16. The molecule has 1 saturated heterocycles. The molecule has 3 rings (SSSR count). The highest BCUT2D eigenvalue weighted by Crippen LogP contribution is 2.17. The number of nitrogens with zero attached hydrogens (tertiary/aromatic N) is 2. The van der Waals surface area contributed by atoms with E-state index >= 15 is 0 Å². The Balaban J connectivity index is 1.43. The Bertz CT molecular complexity index is 667. The quantitative estimate of drug-likeness (QED) is 0.918. The number of carbonyl (C=O) groups is 1. The summed E-state index contributed by atoms with van der Waals surface area (Å²) in [6, 6.07) is 15.6. The van der Waals surface area contributed by atoms with Crippen LogP contribution in [0.25, 0.3) is 0 Å². The van der Waals surface area contributed by atoms with Crippen molar-refractivity contribution < 1.29 is 9.53 Å². The van der Waals surface area contributed by atoms with E-state index < -0.39 is 0 Å². The molecule has 0 bridgehead atoms. The van der Waals surface area contributed by atoms with Gasteiger partial charge < -0.3 is 15.0 Å². The summed E-state index contributed by atoms with van der Waals surface area (Å²) in [6.07, 6.45) is 1.81. The smallest absolute Gasteiger partial charge is 0.241 e. The highest BCUT2D eigenvalue weighted by Gasteiger charge is 2.23. The van der Waals surface area contributed by atoms with Crippen molar-refractivity contribution in [2.24, 2.45) is 0 Å². The Morgan fingerprint density at radius 3 is 2.62 bits per heavy atom. The Labute approximate surface area is 142 Å². The minimum atomic E-state index is 0.130. The third kappa shape index (κ3) is 4.47. The normalized spacial score (nSPS) is 15.1. The Kier molecular flexibility index (Phi) is 5.31. The topological polar surface area (TPSA) is 54.5 Å². The van der Waals surface area contributed by atoms with Crippen LogP contribution in [0.15, 0.2) is 48.5 Å². The fourth-order valence-electron chi connectivity index (χ4n) is 2.82.